The maximum Gasteiger partial charge on any atom is 0.264 e. The molecular formula is C26H25ClN4O3S2. The van der Waals surface area contributed by atoms with E-state index in [0.717, 1.165) is 20.9 Å². The van der Waals surface area contributed by atoms with Crippen LogP contribution in [-0.2, 0) is 10.0 Å². The molecule has 0 spiro atoms. The quantitative estimate of drug-likeness (QED) is 0.354. The second-order valence-corrected chi connectivity index (χ2v) is 12.0. The summed E-state index contributed by atoms with van der Waals surface area (Å²) in [4.78, 5) is 22.0. The van der Waals surface area contributed by atoms with E-state index in [1.54, 1.807) is 52.6 Å². The maximum atomic E-state index is 13.1. The van der Waals surface area contributed by atoms with E-state index >= 15 is 0 Å². The molecule has 0 atom stereocenters. The van der Waals surface area contributed by atoms with Crippen molar-refractivity contribution >= 4 is 59.9 Å². The molecule has 3 aromatic carbocycles. The molecule has 10 heteroatoms. The summed E-state index contributed by atoms with van der Waals surface area (Å²) in [6.45, 7) is 4.44. The van der Waals surface area contributed by atoms with E-state index in [0.29, 0.717) is 42.5 Å². The summed E-state index contributed by atoms with van der Waals surface area (Å²) in [6, 6.07) is 18.9. The van der Waals surface area contributed by atoms with Crippen LogP contribution in [0.15, 0.2) is 71.6 Å². The number of benzene rings is 3. The van der Waals surface area contributed by atoms with Gasteiger partial charge in [-0.3, -0.25) is 9.10 Å². The Morgan fingerprint density at radius 1 is 0.972 bits per heavy atom. The fraction of sp³-hybridized carbons (Fsp3) is 0.231. The van der Waals surface area contributed by atoms with Gasteiger partial charge in [0.15, 0.2) is 5.13 Å². The number of carbonyl (C=O) groups is 1. The van der Waals surface area contributed by atoms with E-state index in [4.69, 9.17) is 16.6 Å². The number of aromatic nitrogens is 1. The highest BCUT2D eigenvalue weighted by Crippen LogP contribution is 2.34. The Morgan fingerprint density at radius 2 is 1.64 bits per heavy atom. The molecule has 5 rings (SSSR count). The third-order valence-corrected chi connectivity index (χ3v) is 9.74. The van der Waals surface area contributed by atoms with Gasteiger partial charge in [-0.05, 0) is 61.0 Å². The SMILES string of the molecule is Cc1c(Cl)ccc2sc(N3CCN(C(=O)c4ccc(S(=O)(=O)N(C)c5ccccc5)cc4)CC3)nc12. The van der Waals surface area contributed by atoms with E-state index < -0.39 is 10.0 Å². The Morgan fingerprint density at radius 3 is 2.31 bits per heavy atom. The minimum Gasteiger partial charge on any atom is -0.345 e. The van der Waals surface area contributed by atoms with Gasteiger partial charge >= 0.3 is 0 Å². The van der Waals surface area contributed by atoms with Gasteiger partial charge in [0.2, 0.25) is 0 Å². The van der Waals surface area contributed by atoms with Crippen molar-refractivity contribution in [1.29, 1.82) is 0 Å². The van der Waals surface area contributed by atoms with E-state index in [-0.39, 0.29) is 10.8 Å². The summed E-state index contributed by atoms with van der Waals surface area (Å²) in [6.07, 6.45) is 0. The second kappa shape index (κ2) is 9.72. The van der Waals surface area contributed by atoms with Crippen LogP contribution in [0.25, 0.3) is 10.2 Å². The number of aryl methyl sites for hydroxylation is 1. The number of sulfonamides is 1. The summed E-state index contributed by atoms with van der Waals surface area (Å²) >= 11 is 7.87. The molecule has 1 aliphatic heterocycles. The Bertz CT molecular complexity index is 1510. The Hall–Kier alpha value is -3.14. The lowest BCUT2D eigenvalue weighted by atomic mass is 10.2. The third-order valence-electron chi connectivity index (χ3n) is 6.45. The van der Waals surface area contributed by atoms with Gasteiger partial charge in [-0.2, -0.15) is 0 Å². The number of anilines is 2. The predicted octanol–water partition coefficient (Wildman–Crippen LogP) is 5.05. The van der Waals surface area contributed by atoms with E-state index in [2.05, 4.69) is 4.90 Å². The lowest BCUT2D eigenvalue weighted by molar-refractivity contribution is 0.0746. The molecule has 1 aliphatic rings. The Labute approximate surface area is 219 Å². The zero-order valence-electron chi connectivity index (χ0n) is 19.9. The van der Waals surface area contributed by atoms with E-state index in [1.165, 1.54) is 23.5 Å². The summed E-state index contributed by atoms with van der Waals surface area (Å²) in [5, 5.41) is 1.64. The molecule has 1 saturated heterocycles. The van der Waals surface area contributed by atoms with Gasteiger partial charge < -0.3 is 9.80 Å². The van der Waals surface area contributed by atoms with Crippen LogP contribution in [0.3, 0.4) is 0 Å². The van der Waals surface area contributed by atoms with Crippen LogP contribution in [0.2, 0.25) is 5.02 Å². The fourth-order valence-corrected chi connectivity index (χ4v) is 6.64. The largest absolute Gasteiger partial charge is 0.345 e. The van der Waals surface area contributed by atoms with Crippen LogP contribution < -0.4 is 9.21 Å². The average molecular weight is 541 g/mol. The zero-order valence-corrected chi connectivity index (χ0v) is 22.3. The normalized spacial score (nSPS) is 14.3. The number of halogens is 1. The lowest BCUT2D eigenvalue weighted by Gasteiger charge is -2.34. The van der Waals surface area contributed by atoms with Gasteiger partial charge in [0.25, 0.3) is 15.9 Å². The van der Waals surface area contributed by atoms with Gasteiger partial charge in [-0.25, -0.2) is 13.4 Å². The molecule has 1 aromatic heterocycles. The number of fused-ring (bicyclic) bond motifs is 1. The predicted molar refractivity (Wildman–Crippen MR) is 146 cm³/mol. The van der Waals surface area contributed by atoms with Crippen LogP contribution in [0.4, 0.5) is 10.8 Å². The number of hydrogen-bond donors (Lipinski definition) is 0. The van der Waals surface area contributed by atoms with Crippen molar-refractivity contribution in [2.75, 3.05) is 42.4 Å². The van der Waals surface area contributed by atoms with Crippen LogP contribution in [0, 0.1) is 6.92 Å². The molecular weight excluding hydrogens is 516 g/mol. The fourth-order valence-electron chi connectivity index (χ4n) is 4.21. The van der Waals surface area contributed by atoms with Crippen LogP contribution in [-0.4, -0.2) is 57.4 Å². The molecule has 1 fully saturated rings. The smallest absolute Gasteiger partial charge is 0.264 e. The summed E-state index contributed by atoms with van der Waals surface area (Å²) in [7, 11) is -2.21. The molecule has 0 radical (unpaired) electrons. The molecule has 186 valence electrons. The summed E-state index contributed by atoms with van der Waals surface area (Å²) in [5.74, 6) is -0.109. The van der Waals surface area contributed by atoms with Gasteiger partial charge in [0.05, 0.1) is 20.8 Å². The number of hydrogen-bond acceptors (Lipinski definition) is 6. The van der Waals surface area contributed by atoms with Crippen molar-refractivity contribution in [3.63, 3.8) is 0 Å². The zero-order chi connectivity index (χ0) is 25.4. The number of rotatable bonds is 5. The first-order valence-corrected chi connectivity index (χ1v) is 14.1. The number of carbonyl (C=O) groups excluding carboxylic acids is 1. The van der Waals surface area contributed by atoms with Gasteiger partial charge in [0, 0.05) is 43.8 Å². The number of thiazole rings is 1. The standard InChI is InChI=1S/C26H25ClN4O3S2/c1-18-22(27)12-13-23-24(18)28-26(35-23)31-16-14-30(15-17-31)25(32)19-8-10-21(11-9-19)36(33,34)29(2)20-6-4-3-5-7-20/h3-13H,14-17H2,1-2H3. The molecule has 7 nitrogen and oxygen atoms in total. The third kappa shape index (κ3) is 4.54. The molecule has 36 heavy (non-hydrogen) atoms. The van der Waals surface area contributed by atoms with Crippen molar-refractivity contribution in [3.8, 4) is 0 Å². The molecule has 0 saturated carbocycles. The first-order valence-electron chi connectivity index (χ1n) is 11.5. The van der Waals surface area contributed by atoms with Crippen LogP contribution >= 0.6 is 22.9 Å². The van der Waals surface area contributed by atoms with Crippen molar-refractivity contribution in [3.05, 3.63) is 82.9 Å². The average Bonchev–Trinajstić information content (AvgIpc) is 3.36. The number of amides is 1. The minimum atomic E-state index is -3.73. The monoisotopic (exact) mass is 540 g/mol. The number of para-hydroxylation sites is 1. The molecule has 0 bridgehead atoms. The maximum absolute atomic E-state index is 13.1. The summed E-state index contributed by atoms with van der Waals surface area (Å²) in [5.41, 5.74) is 2.94. The Kier molecular flexibility index (Phi) is 6.63. The first kappa shape index (κ1) is 24.5. The number of piperazine rings is 1. The van der Waals surface area contributed by atoms with E-state index in [9.17, 15) is 13.2 Å². The van der Waals surface area contributed by atoms with Crippen molar-refractivity contribution < 1.29 is 13.2 Å². The van der Waals surface area contributed by atoms with Gasteiger partial charge in [-0.1, -0.05) is 41.1 Å². The van der Waals surface area contributed by atoms with Crippen molar-refractivity contribution in [1.82, 2.24) is 9.88 Å². The highest BCUT2D eigenvalue weighted by atomic mass is 35.5. The first-order chi connectivity index (χ1) is 17.3. The van der Waals surface area contributed by atoms with Crippen molar-refractivity contribution in [2.24, 2.45) is 0 Å². The second-order valence-electron chi connectivity index (χ2n) is 8.63. The minimum absolute atomic E-state index is 0.109. The van der Waals surface area contributed by atoms with Crippen LogP contribution in [0.1, 0.15) is 15.9 Å². The van der Waals surface area contributed by atoms with Gasteiger partial charge in [-0.15, -0.1) is 0 Å². The lowest BCUT2D eigenvalue weighted by Crippen LogP contribution is -2.48. The van der Waals surface area contributed by atoms with E-state index in [1.807, 2.05) is 25.1 Å². The van der Waals surface area contributed by atoms with Gasteiger partial charge in [0.1, 0.15) is 0 Å². The Balaban J connectivity index is 1.25. The van der Waals surface area contributed by atoms with Crippen molar-refractivity contribution in [2.45, 2.75) is 11.8 Å². The molecule has 2 heterocycles. The summed E-state index contributed by atoms with van der Waals surface area (Å²) < 4.78 is 28.3. The number of nitrogens with zero attached hydrogens (tertiary/aromatic N) is 4. The highest BCUT2D eigenvalue weighted by molar-refractivity contribution is 7.92. The molecule has 0 N–H and O–H groups in total. The molecule has 1 amide bonds. The topological polar surface area (TPSA) is 73.8 Å². The molecule has 0 aliphatic carbocycles. The van der Waals surface area contributed by atoms with Crippen LogP contribution in [0.5, 0.6) is 0 Å². The molecule has 4 aromatic rings. The molecule has 0 unspecified atom stereocenters. The highest BCUT2D eigenvalue weighted by Gasteiger charge is 2.26.